The molecular formula is C3H11KN2O2S2. The molecule has 7 heteroatoms. The van der Waals surface area contributed by atoms with Crippen LogP contribution in [0.15, 0.2) is 0 Å². The van der Waals surface area contributed by atoms with Gasteiger partial charge in [0.2, 0.25) is 0 Å². The van der Waals surface area contributed by atoms with Crippen LogP contribution in [0.1, 0.15) is 8.85 Å². The molecule has 0 unspecified atom stereocenters. The topological polar surface area (TPSA) is 86.2 Å². The minimum absolute atomic E-state index is 0. The zero-order chi connectivity index (χ0) is 7.15. The Morgan fingerprint density at radius 3 is 1.10 bits per heavy atom. The summed E-state index contributed by atoms with van der Waals surface area (Å²) >= 11 is 6.21. The minimum atomic E-state index is -0.639. The minimum Gasteiger partial charge on any atom is -1.00 e. The zero-order valence-corrected chi connectivity index (χ0v) is 9.78. The Morgan fingerprint density at radius 1 is 1.10 bits per heavy atom. The van der Waals surface area contributed by atoms with E-state index in [1.807, 2.05) is 0 Å². The van der Waals surface area contributed by atoms with E-state index < -0.39 is 10.5 Å². The Morgan fingerprint density at radius 2 is 1.10 bits per heavy atom. The molecule has 0 atom stereocenters. The first-order valence-corrected chi connectivity index (χ1v) is 2.33. The Balaban J connectivity index is -0.0000000171. The van der Waals surface area contributed by atoms with Gasteiger partial charge in [-0.15, -0.1) is 0 Å². The van der Waals surface area contributed by atoms with Crippen molar-refractivity contribution in [1.82, 2.24) is 0 Å². The molecule has 0 radical (unpaired) electrons. The number of rotatable bonds is 0. The van der Waals surface area contributed by atoms with Gasteiger partial charge < -0.3 is 12.9 Å². The molecule has 0 bridgehead atoms. The van der Waals surface area contributed by atoms with Crippen molar-refractivity contribution in [2.24, 2.45) is 11.5 Å². The fourth-order valence-corrected chi connectivity index (χ4v) is 0. The SMILES string of the molecule is C.NC(=O)S.NC(=O)S.[H-].[K+]. The van der Waals surface area contributed by atoms with Gasteiger partial charge in [-0.3, -0.25) is 9.59 Å². The van der Waals surface area contributed by atoms with Crippen LogP contribution < -0.4 is 62.9 Å². The third-order valence-corrected chi connectivity index (χ3v) is 0. The van der Waals surface area contributed by atoms with E-state index in [0.29, 0.717) is 0 Å². The number of primary amides is 2. The third kappa shape index (κ3) is 390. The monoisotopic (exact) mass is 210 g/mol. The van der Waals surface area contributed by atoms with E-state index in [0.717, 1.165) is 0 Å². The van der Waals surface area contributed by atoms with Gasteiger partial charge in [-0.1, -0.05) is 32.7 Å². The van der Waals surface area contributed by atoms with E-state index in [1.54, 1.807) is 0 Å². The van der Waals surface area contributed by atoms with Crippen molar-refractivity contribution >= 4 is 35.7 Å². The van der Waals surface area contributed by atoms with Gasteiger partial charge in [-0.2, -0.15) is 0 Å². The summed E-state index contributed by atoms with van der Waals surface area (Å²) in [5.41, 5.74) is 8.67. The smallest absolute Gasteiger partial charge is 1.00 e. The van der Waals surface area contributed by atoms with Gasteiger partial charge in [0.1, 0.15) is 0 Å². The van der Waals surface area contributed by atoms with Gasteiger partial charge in [0.25, 0.3) is 10.5 Å². The number of hydrogen-bond acceptors (Lipinski definition) is 2. The van der Waals surface area contributed by atoms with Crippen LogP contribution in [-0.2, 0) is 0 Å². The molecule has 0 heterocycles. The molecule has 58 valence electrons. The van der Waals surface area contributed by atoms with Gasteiger partial charge >= 0.3 is 51.4 Å². The Bertz CT molecular complexity index is 85.3. The molecular weight excluding hydrogens is 199 g/mol. The molecule has 4 N–H and O–H groups in total. The van der Waals surface area contributed by atoms with Crippen LogP contribution in [0.3, 0.4) is 0 Å². The van der Waals surface area contributed by atoms with Crippen LogP contribution in [-0.4, -0.2) is 10.5 Å². The zero-order valence-electron chi connectivity index (χ0n) is 5.87. The average Bonchev–Trinajstić information content (AvgIpc) is 1.25. The number of hydrogen-bond donors (Lipinski definition) is 4. The molecule has 0 saturated heterocycles. The summed E-state index contributed by atoms with van der Waals surface area (Å²) in [5.74, 6) is 0. The third-order valence-electron chi connectivity index (χ3n) is 0. The van der Waals surface area contributed by atoms with Gasteiger partial charge in [-0.05, 0) is 0 Å². The van der Waals surface area contributed by atoms with Crippen LogP contribution >= 0.6 is 25.3 Å². The molecule has 2 amide bonds. The normalized spacial score (nSPS) is 5.00. The van der Waals surface area contributed by atoms with Crippen molar-refractivity contribution in [2.75, 3.05) is 0 Å². The van der Waals surface area contributed by atoms with Crippen molar-refractivity contribution in [1.29, 1.82) is 0 Å². The maximum absolute atomic E-state index is 9.09. The van der Waals surface area contributed by atoms with Gasteiger partial charge in [0, 0.05) is 0 Å². The summed E-state index contributed by atoms with van der Waals surface area (Å²) < 4.78 is 0. The molecule has 0 rings (SSSR count). The summed E-state index contributed by atoms with van der Waals surface area (Å²) in [6.07, 6.45) is 0. The summed E-state index contributed by atoms with van der Waals surface area (Å²) in [6, 6.07) is 0. The molecule has 0 aliphatic heterocycles. The largest absolute Gasteiger partial charge is 1.00 e. The first-order chi connectivity index (χ1) is 3.46. The number of carbonyl (C=O) groups is 2. The maximum Gasteiger partial charge on any atom is 1.00 e. The molecule has 0 spiro atoms. The molecule has 0 aromatic rings. The van der Waals surface area contributed by atoms with Crippen molar-refractivity contribution in [3.05, 3.63) is 0 Å². The fraction of sp³-hybridized carbons (Fsp3) is 0.333. The molecule has 0 aliphatic carbocycles. The van der Waals surface area contributed by atoms with E-state index in [-0.39, 0.29) is 60.2 Å². The van der Waals surface area contributed by atoms with E-state index in [1.165, 1.54) is 0 Å². The second-order valence-corrected chi connectivity index (χ2v) is 1.56. The first-order valence-electron chi connectivity index (χ1n) is 1.43. The van der Waals surface area contributed by atoms with E-state index in [4.69, 9.17) is 9.59 Å². The van der Waals surface area contributed by atoms with Crippen LogP contribution in [0.4, 0.5) is 9.59 Å². The average molecular weight is 210 g/mol. The second-order valence-electron chi connectivity index (χ2n) is 0.676. The van der Waals surface area contributed by atoms with Crippen molar-refractivity contribution in [3.8, 4) is 0 Å². The number of nitrogens with two attached hydrogens (primary N) is 2. The van der Waals surface area contributed by atoms with Crippen molar-refractivity contribution in [3.63, 3.8) is 0 Å². The summed E-state index contributed by atoms with van der Waals surface area (Å²) in [7, 11) is 0. The van der Waals surface area contributed by atoms with Crippen molar-refractivity contribution < 1.29 is 62.4 Å². The molecule has 4 nitrogen and oxygen atoms in total. The standard InChI is InChI=1S/2CH3NOS.CH4.K.H/c2*2-1(3)4;;;/h2*(H3,2,3,4);1H4;;/q;;;+1;-1. The van der Waals surface area contributed by atoms with Gasteiger partial charge in [0.15, 0.2) is 0 Å². The molecule has 0 aromatic heterocycles. The number of thiol groups is 2. The number of amides is 2. The Hall–Kier alpha value is 1.28. The van der Waals surface area contributed by atoms with E-state index in [9.17, 15) is 0 Å². The predicted molar refractivity (Wildman–Crippen MR) is 45.0 cm³/mol. The molecule has 0 aromatic carbocycles. The van der Waals surface area contributed by atoms with Crippen LogP contribution in [0.25, 0.3) is 0 Å². The van der Waals surface area contributed by atoms with Gasteiger partial charge in [0.05, 0.1) is 0 Å². The van der Waals surface area contributed by atoms with Crippen LogP contribution in [0, 0.1) is 0 Å². The van der Waals surface area contributed by atoms with Crippen LogP contribution in [0.2, 0.25) is 0 Å². The summed E-state index contributed by atoms with van der Waals surface area (Å²) in [4.78, 5) is 18.2. The van der Waals surface area contributed by atoms with E-state index >= 15 is 0 Å². The quantitative estimate of drug-likeness (QED) is 0.269. The molecule has 10 heavy (non-hydrogen) atoms. The van der Waals surface area contributed by atoms with Crippen molar-refractivity contribution in [2.45, 2.75) is 7.43 Å². The first kappa shape index (κ1) is 22.5. The van der Waals surface area contributed by atoms with E-state index in [2.05, 4.69) is 36.7 Å². The summed E-state index contributed by atoms with van der Waals surface area (Å²) in [6.45, 7) is 0. The summed E-state index contributed by atoms with van der Waals surface area (Å²) in [5, 5.41) is -1.28. The molecule has 0 fully saturated rings. The van der Waals surface area contributed by atoms with Gasteiger partial charge in [-0.25, -0.2) is 0 Å². The Labute approximate surface area is 115 Å². The number of carbonyl (C=O) groups excluding carboxylic acids is 2. The predicted octanol–water partition coefficient (Wildman–Crippen LogP) is -2.26. The maximum atomic E-state index is 9.09. The Kier molecular flexibility index (Phi) is 37.6. The van der Waals surface area contributed by atoms with Crippen LogP contribution in [0.5, 0.6) is 0 Å². The molecule has 0 saturated carbocycles. The fourth-order valence-electron chi connectivity index (χ4n) is 0. The molecule has 0 aliphatic rings. The second kappa shape index (κ2) is 16.7.